The summed E-state index contributed by atoms with van der Waals surface area (Å²) in [6, 6.07) is 6.48. The molecular formula is C16H22N2O. The van der Waals surface area contributed by atoms with Crippen LogP contribution < -0.4 is 5.32 Å². The van der Waals surface area contributed by atoms with Gasteiger partial charge in [0, 0.05) is 30.4 Å². The summed E-state index contributed by atoms with van der Waals surface area (Å²) in [5.74, 6) is 0.823. The van der Waals surface area contributed by atoms with Gasteiger partial charge in [-0.25, -0.2) is 0 Å². The average Bonchev–Trinajstić information content (AvgIpc) is 2.76. The van der Waals surface area contributed by atoms with Crippen molar-refractivity contribution in [2.24, 2.45) is 5.92 Å². The second-order valence-corrected chi connectivity index (χ2v) is 6.05. The van der Waals surface area contributed by atoms with Crippen molar-refractivity contribution in [2.45, 2.75) is 39.2 Å². The van der Waals surface area contributed by atoms with E-state index in [2.05, 4.69) is 31.3 Å². The third-order valence-corrected chi connectivity index (χ3v) is 4.34. The normalized spacial score (nSPS) is 25.9. The summed E-state index contributed by atoms with van der Waals surface area (Å²) in [6.07, 6.45) is 3.36. The van der Waals surface area contributed by atoms with Crippen molar-refractivity contribution in [1.82, 2.24) is 4.90 Å². The van der Waals surface area contributed by atoms with Gasteiger partial charge in [0.05, 0.1) is 0 Å². The number of amides is 1. The second-order valence-electron chi connectivity index (χ2n) is 6.05. The van der Waals surface area contributed by atoms with Gasteiger partial charge in [-0.15, -0.1) is 0 Å². The van der Waals surface area contributed by atoms with E-state index in [-0.39, 0.29) is 5.91 Å². The molecule has 0 aliphatic carbocycles. The minimum Gasteiger partial charge on any atom is -0.385 e. The number of carbonyl (C=O) groups excluding carboxylic acids is 1. The van der Waals surface area contributed by atoms with Gasteiger partial charge in [-0.05, 0) is 55.9 Å². The molecule has 2 atom stereocenters. The molecule has 1 N–H and O–H groups in total. The Hall–Kier alpha value is -1.51. The maximum absolute atomic E-state index is 12.6. The standard InChI is InChI=1S/C16H22N2O/c1-11-8-12(2)18(10-11)16(19)14-5-6-15-13(9-14)4-3-7-17-15/h5-6,9,11-12,17H,3-4,7-8,10H2,1-2H3. The Morgan fingerprint density at radius 1 is 1.37 bits per heavy atom. The molecule has 0 bridgehead atoms. The lowest BCUT2D eigenvalue weighted by atomic mass is 10.0. The van der Waals surface area contributed by atoms with Crippen LogP contribution in [0.3, 0.4) is 0 Å². The maximum Gasteiger partial charge on any atom is 0.254 e. The zero-order chi connectivity index (χ0) is 13.4. The summed E-state index contributed by atoms with van der Waals surface area (Å²) in [4.78, 5) is 14.6. The van der Waals surface area contributed by atoms with Crippen LogP contribution in [0, 0.1) is 5.92 Å². The van der Waals surface area contributed by atoms with E-state index in [1.165, 1.54) is 11.3 Å². The highest BCUT2D eigenvalue weighted by Gasteiger charge is 2.30. The third-order valence-electron chi connectivity index (χ3n) is 4.34. The fraction of sp³-hybridized carbons (Fsp3) is 0.562. The first-order chi connectivity index (χ1) is 9.15. The first kappa shape index (κ1) is 12.5. The van der Waals surface area contributed by atoms with Crippen molar-refractivity contribution in [2.75, 3.05) is 18.4 Å². The van der Waals surface area contributed by atoms with Crippen molar-refractivity contribution in [3.8, 4) is 0 Å². The summed E-state index contributed by atoms with van der Waals surface area (Å²) in [7, 11) is 0. The van der Waals surface area contributed by atoms with E-state index in [1.807, 2.05) is 11.0 Å². The lowest BCUT2D eigenvalue weighted by molar-refractivity contribution is 0.0743. The lowest BCUT2D eigenvalue weighted by Crippen LogP contribution is -2.34. The molecule has 1 saturated heterocycles. The molecule has 1 amide bonds. The number of likely N-dealkylation sites (tertiary alicyclic amines) is 1. The number of anilines is 1. The van der Waals surface area contributed by atoms with Crippen LogP contribution in [0.25, 0.3) is 0 Å². The van der Waals surface area contributed by atoms with Crippen LogP contribution in [0.15, 0.2) is 18.2 Å². The number of fused-ring (bicyclic) bond motifs is 1. The molecule has 19 heavy (non-hydrogen) atoms. The molecule has 2 aliphatic rings. The van der Waals surface area contributed by atoms with Gasteiger partial charge in [-0.3, -0.25) is 4.79 Å². The van der Waals surface area contributed by atoms with E-state index in [0.717, 1.165) is 37.9 Å². The Balaban J connectivity index is 1.84. The Morgan fingerprint density at radius 2 is 2.21 bits per heavy atom. The third kappa shape index (κ3) is 2.34. The van der Waals surface area contributed by atoms with Crippen LogP contribution in [0.5, 0.6) is 0 Å². The molecule has 0 aromatic heterocycles. The van der Waals surface area contributed by atoms with Crippen molar-refractivity contribution in [3.05, 3.63) is 29.3 Å². The van der Waals surface area contributed by atoms with E-state index in [9.17, 15) is 4.79 Å². The predicted molar refractivity (Wildman–Crippen MR) is 77.5 cm³/mol. The van der Waals surface area contributed by atoms with Gasteiger partial charge in [0.25, 0.3) is 5.91 Å². The summed E-state index contributed by atoms with van der Waals surface area (Å²) >= 11 is 0. The highest BCUT2D eigenvalue weighted by Crippen LogP contribution is 2.27. The van der Waals surface area contributed by atoms with Gasteiger partial charge in [-0.2, -0.15) is 0 Å². The lowest BCUT2D eigenvalue weighted by Gasteiger charge is -2.23. The van der Waals surface area contributed by atoms with Crippen LogP contribution in [-0.2, 0) is 6.42 Å². The number of rotatable bonds is 1. The number of hydrogen-bond donors (Lipinski definition) is 1. The molecule has 3 nitrogen and oxygen atoms in total. The maximum atomic E-state index is 12.6. The van der Waals surface area contributed by atoms with Gasteiger partial charge >= 0.3 is 0 Å². The van der Waals surface area contributed by atoms with E-state index < -0.39 is 0 Å². The molecule has 1 aromatic carbocycles. The first-order valence-electron chi connectivity index (χ1n) is 7.33. The second kappa shape index (κ2) is 4.87. The Morgan fingerprint density at radius 3 is 2.95 bits per heavy atom. The largest absolute Gasteiger partial charge is 0.385 e. The highest BCUT2D eigenvalue weighted by molar-refractivity contribution is 5.95. The van der Waals surface area contributed by atoms with Crippen LogP contribution in [0.4, 0.5) is 5.69 Å². The first-order valence-corrected chi connectivity index (χ1v) is 7.33. The summed E-state index contributed by atoms with van der Waals surface area (Å²) in [5.41, 5.74) is 3.34. The monoisotopic (exact) mass is 258 g/mol. The topological polar surface area (TPSA) is 32.3 Å². The summed E-state index contributed by atoms with van der Waals surface area (Å²) in [5, 5.41) is 3.39. The fourth-order valence-electron chi connectivity index (χ4n) is 3.36. The number of aryl methyl sites for hydroxylation is 1. The molecule has 0 saturated carbocycles. The zero-order valence-corrected chi connectivity index (χ0v) is 11.8. The molecule has 1 aromatic rings. The number of nitrogens with one attached hydrogen (secondary N) is 1. The molecule has 2 aliphatic heterocycles. The average molecular weight is 258 g/mol. The number of hydrogen-bond acceptors (Lipinski definition) is 2. The van der Waals surface area contributed by atoms with Crippen LogP contribution in [-0.4, -0.2) is 29.9 Å². The molecule has 3 rings (SSSR count). The Bertz CT molecular complexity index is 498. The van der Waals surface area contributed by atoms with Crippen molar-refractivity contribution >= 4 is 11.6 Å². The van der Waals surface area contributed by atoms with Crippen LogP contribution >= 0.6 is 0 Å². The number of benzene rings is 1. The fourth-order valence-corrected chi connectivity index (χ4v) is 3.36. The van der Waals surface area contributed by atoms with Crippen molar-refractivity contribution < 1.29 is 4.79 Å². The van der Waals surface area contributed by atoms with Crippen LogP contribution in [0.2, 0.25) is 0 Å². The van der Waals surface area contributed by atoms with Gasteiger partial charge in [0.15, 0.2) is 0 Å². The molecule has 0 spiro atoms. The highest BCUT2D eigenvalue weighted by atomic mass is 16.2. The number of nitrogens with zero attached hydrogens (tertiary/aromatic N) is 1. The van der Waals surface area contributed by atoms with Gasteiger partial charge < -0.3 is 10.2 Å². The molecular weight excluding hydrogens is 236 g/mol. The SMILES string of the molecule is CC1CC(C)N(C(=O)c2ccc3c(c2)CCCN3)C1. The quantitative estimate of drug-likeness (QED) is 0.840. The van der Waals surface area contributed by atoms with Gasteiger partial charge in [0.1, 0.15) is 0 Å². The molecule has 2 heterocycles. The minimum absolute atomic E-state index is 0.199. The van der Waals surface area contributed by atoms with Crippen LogP contribution in [0.1, 0.15) is 42.6 Å². The molecule has 0 radical (unpaired) electrons. The molecule has 1 fully saturated rings. The zero-order valence-electron chi connectivity index (χ0n) is 11.8. The van der Waals surface area contributed by atoms with E-state index in [0.29, 0.717) is 12.0 Å². The molecule has 3 heteroatoms. The predicted octanol–water partition coefficient (Wildman–Crippen LogP) is 2.92. The van der Waals surface area contributed by atoms with E-state index >= 15 is 0 Å². The van der Waals surface area contributed by atoms with E-state index in [1.54, 1.807) is 0 Å². The smallest absolute Gasteiger partial charge is 0.254 e. The molecule has 2 unspecified atom stereocenters. The number of carbonyl (C=O) groups is 1. The van der Waals surface area contributed by atoms with E-state index in [4.69, 9.17) is 0 Å². The molecule has 102 valence electrons. The summed E-state index contributed by atoms with van der Waals surface area (Å²) < 4.78 is 0. The van der Waals surface area contributed by atoms with Crippen molar-refractivity contribution in [1.29, 1.82) is 0 Å². The minimum atomic E-state index is 0.199. The van der Waals surface area contributed by atoms with Gasteiger partial charge in [0.2, 0.25) is 0 Å². The Labute approximate surface area is 115 Å². The Kier molecular flexibility index (Phi) is 3.21. The summed E-state index contributed by atoms with van der Waals surface area (Å²) in [6.45, 7) is 6.32. The van der Waals surface area contributed by atoms with Crippen molar-refractivity contribution in [3.63, 3.8) is 0 Å². The van der Waals surface area contributed by atoms with Gasteiger partial charge in [-0.1, -0.05) is 6.92 Å².